The van der Waals surface area contributed by atoms with E-state index in [-0.39, 0.29) is 10.3 Å². The third-order valence-electron chi connectivity index (χ3n) is 6.53. The Morgan fingerprint density at radius 1 is 1.19 bits per heavy atom. The quantitative estimate of drug-likeness (QED) is 0.699. The molecule has 1 fully saturated rings. The number of hydrogen-bond acceptors (Lipinski definition) is 5. The third-order valence-corrected chi connectivity index (χ3v) is 7.86. The summed E-state index contributed by atoms with van der Waals surface area (Å²) in [6, 6.07) is 11.4. The standard InChI is InChI=1S/C24H29N3O4S/c1-4-13-26-14-11-24(12-15-26)17-27(22-10-7-19(31-3)16-21(22)24)23(28)25-32(29,30)20-8-5-18(2)6-9-20/h4-10,16H,1,11-15,17H2,2-3H3,(H,25,28). The van der Waals surface area contributed by atoms with E-state index in [9.17, 15) is 13.2 Å². The second-order valence-corrected chi connectivity index (χ2v) is 10.2. The highest BCUT2D eigenvalue weighted by Crippen LogP contribution is 2.48. The van der Waals surface area contributed by atoms with Gasteiger partial charge in [0.15, 0.2) is 0 Å². The van der Waals surface area contributed by atoms with Gasteiger partial charge in [0.25, 0.3) is 10.0 Å². The fraction of sp³-hybridized carbons (Fsp3) is 0.375. The molecule has 0 bridgehead atoms. The van der Waals surface area contributed by atoms with Crippen LogP contribution in [0.2, 0.25) is 0 Å². The van der Waals surface area contributed by atoms with Crippen molar-refractivity contribution in [2.75, 3.05) is 38.2 Å². The van der Waals surface area contributed by atoms with Crippen LogP contribution in [0.15, 0.2) is 60.0 Å². The van der Waals surface area contributed by atoms with Gasteiger partial charge in [0.05, 0.1) is 12.0 Å². The van der Waals surface area contributed by atoms with E-state index < -0.39 is 16.1 Å². The molecule has 2 aliphatic heterocycles. The highest BCUT2D eigenvalue weighted by Gasteiger charge is 2.47. The smallest absolute Gasteiger partial charge is 0.335 e. The number of hydrogen-bond donors (Lipinski definition) is 1. The number of ether oxygens (including phenoxy) is 1. The zero-order valence-corrected chi connectivity index (χ0v) is 19.3. The number of benzene rings is 2. The van der Waals surface area contributed by atoms with Crippen molar-refractivity contribution in [2.24, 2.45) is 0 Å². The first kappa shape index (κ1) is 22.4. The van der Waals surface area contributed by atoms with E-state index in [4.69, 9.17) is 4.74 Å². The maximum Gasteiger partial charge on any atom is 0.335 e. The number of amides is 2. The molecule has 0 radical (unpaired) electrons. The number of piperidine rings is 1. The van der Waals surface area contributed by atoms with E-state index >= 15 is 0 Å². The molecule has 4 rings (SSSR count). The summed E-state index contributed by atoms with van der Waals surface area (Å²) >= 11 is 0. The van der Waals surface area contributed by atoms with E-state index in [2.05, 4.69) is 16.2 Å². The third kappa shape index (κ3) is 4.12. The van der Waals surface area contributed by atoms with Crippen LogP contribution in [0.3, 0.4) is 0 Å². The number of fused-ring (bicyclic) bond motifs is 2. The van der Waals surface area contributed by atoms with Crippen molar-refractivity contribution in [3.05, 3.63) is 66.2 Å². The van der Waals surface area contributed by atoms with Gasteiger partial charge in [-0.25, -0.2) is 17.9 Å². The van der Waals surface area contributed by atoms with Gasteiger partial charge in [0.1, 0.15) is 5.75 Å². The van der Waals surface area contributed by atoms with Crippen molar-refractivity contribution in [3.8, 4) is 5.75 Å². The Bertz CT molecular complexity index is 1120. The molecule has 0 aliphatic carbocycles. The summed E-state index contributed by atoms with van der Waals surface area (Å²) in [5.74, 6) is 0.728. The van der Waals surface area contributed by atoms with Crippen LogP contribution in [-0.4, -0.2) is 52.6 Å². The van der Waals surface area contributed by atoms with Crippen molar-refractivity contribution in [3.63, 3.8) is 0 Å². The zero-order valence-electron chi connectivity index (χ0n) is 18.5. The second kappa shape index (κ2) is 8.60. The second-order valence-electron chi connectivity index (χ2n) is 8.56. The lowest BCUT2D eigenvalue weighted by atomic mass is 9.74. The molecule has 1 spiro atoms. The van der Waals surface area contributed by atoms with Gasteiger partial charge >= 0.3 is 6.03 Å². The van der Waals surface area contributed by atoms with Gasteiger partial charge < -0.3 is 4.74 Å². The van der Waals surface area contributed by atoms with Crippen molar-refractivity contribution in [1.82, 2.24) is 9.62 Å². The molecule has 8 heteroatoms. The summed E-state index contributed by atoms with van der Waals surface area (Å²) in [7, 11) is -2.35. The topological polar surface area (TPSA) is 79.0 Å². The number of carbonyl (C=O) groups is 1. The molecule has 1 N–H and O–H groups in total. The van der Waals surface area contributed by atoms with E-state index in [1.54, 1.807) is 30.2 Å². The molecule has 32 heavy (non-hydrogen) atoms. The molecule has 0 saturated carbocycles. The molecular formula is C24H29N3O4S. The van der Waals surface area contributed by atoms with E-state index in [1.807, 2.05) is 25.1 Å². The molecule has 2 amide bonds. The van der Waals surface area contributed by atoms with Crippen LogP contribution in [0, 0.1) is 6.92 Å². The normalized spacial score (nSPS) is 17.8. The Hall–Kier alpha value is -2.84. The molecular weight excluding hydrogens is 426 g/mol. The van der Waals surface area contributed by atoms with E-state index in [1.165, 1.54) is 12.1 Å². The number of likely N-dealkylation sites (tertiary alicyclic amines) is 1. The van der Waals surface area contributed by atoms with Crippen molar-refractivity contribution in [1.29, 1.82) is 0 Å². The first-order valence-corrected chi connectivity index (χ1v) is 12.2. The first-order valence-electron chi connectivity index (χ1n) is 10.7. The number of nitrogens with one attached hydrogen (secondary N) is 1. The zero-order chi connectivity index (χ0) is 22.9. The molecule has 0 atom stereocenters. The summed E-state index contributed by atoms with van der Waals surface area (Å²) in [4.78, 5) is 17.2. The number of carbonyl (C=O) groups excluding carboxylic acids is 1. The van der Waals surface area contributed by atoms with E-state index in [0.717, 1.165) is 55.0 Å². The summed E-state index contributed by atoms with van der Waals surface area (Å²) < 4.78 is 33.3. The monoisotopic (exact) mass is 455 g/mol. The number of anilines is 1. The Kier molecular flexibility index (Phi) is 6.01. The van der Waals surface area contributed by atoms with Crippen LogP contribution < -0.4 is 14.4 Å². The Morgan fingerprint density at radius 2 is 1.88 bits per heavy atom. The van der Waals surface area contributed by atoms with Crippen LogP contribution in [0.1, 0.15) is 24.0 Å². The van der Waals surface area contributed by atoms with Gasteiger partial charge in [-0.1, -0.05) is 23.8 Å². The van der Waals surface area contributed by atoms with Crippen molar-refractivity contribution in [2.45, 2.75) is 30.1 Å². The summed E-state index contributed by atoms with van der Waals surface area (Å²) in [6.45, 7) is 8.75. The fourth-order valence-corrected chi connectivity index (χ4v) is 5.63. The molecule has 2 aromatic rings. The SMILES string of the molecule is C=CCN1CCC2(CC1)CN(C(=O)NS(=O)(=O)c1ccc(C)cc1)c1ccc(OC)cc12. The Labute approximate surface area is 189 Å². The Morgan fingerprint density at radius 3 is 2.50 bits per heavy atom. The summed E-state index contributed by atoms with van der Waals surface area (Å²) in [5.41, 5.74) is 2.49. The maximum atomic E-state index is 13.2. The summed E-state index contributed by atoms with van der Waals surface area (Å²) in [5, 5.41) is 0. The van der Waals surface area contributed by atoms with Gasteiger partial charge in [0.2, 0.25) is 0 Å². The minimum atomic E-state index is -3.97. The van der Waals surface area contributed by atoms with Crippen LogP contribution in [-0.2, 0) is 15.4 Å². The van der Waals surface area contributed by atoms with Gasteiger partial charge in [-0.05, 0) is 68.8 Å². The Balaban J connectivity index is 1.62. The molecule has 0 unspecified atom stereocenters. The van der Waals surface area contributed by atoms with Gasteiger partial charge in [-0.2, -0.15) is 0 Å². The van der Waals surface area contributed by atoms with Crippen molar-refractivity contribution >= 4 is 21.7 Å². The lowest BCUT2D eigenvalue weighted by molar-refractivity contribution is 0.180. The average molecular weight is 456 g/mol. The maximum absolute atomic E-state index is 13.2. The number of rotatable bonds is 5. The highest BCUT2D eigenvalue weighted by atomic mass is 32.2. The first-order chi connectivity index (χ1) is 15.3. The molecule has 7 nitrogen and oxygen atoms in total. The number of urea groups is 1. The number of methoxy groups -OCH3 is 1. The largest absolute Gasteiger partial charge is 0.497 e. The van der Waals surface area contributed by atoms with Crippen LogP contribution in [0.5, 0.6) is 5.75 Å². The lowest BCUT2D eigenvalue weighted by Gasteiger charge is -2.39. The molecule has 0 aromatic heterocycles. The predicted molar refractivity (Wildman–Crippen MR) is 125 cm³/mol. The van der Waals surface area contributed by atoms with Gasteiger partial charge in [0, 0.05) is 24.2 Å². The molecule has 1 saturated heterocycles. The average Bonchev–Trinajstić information content (AvgIpc) is 3.09. The lowest BCUT2D eigenvalue weighted by Crippen LogP contribution is -2.48. The van der Waals surface area contributed by atoms with Crippen LogP contribution >= 0.6 is 0 Å². The van der Waals surface area contributed by atoms with Crippen LogP contribution in [0.4, 0.5) is 10.5 Å². The molecule has 170 valence electrons. The summed E-state index contributed by atoms with van der Waals surface area (Å²) in [6.07, 6.45) is 3.64. The highest BCUT2D eigenvalue weighted by molar-refractivity contribution is 7.90. The number of aryl methyl sites for hydroxylation is 1. The van der Waals surface area contributed by atoms with Gasteiger partial charge in [-0.15, -0.1) is 6.58 Å². The molecule has 2 aromatic carbocycles. The fourth-order valence-electron chi connectivity index (χ4n) is 4.68. The number of sulfonamides is 1. The minimum absolute atomic E-state index is 0.0676. The molecule has 2 heterocycles. The minimum Gasteiger partial charge on any atom is -0.497 e. The molecule has 2 aliphatic rings. The van der Waals surface area contributed by atoms with Crippen molar-refractivity contribution < 1.29 is 17.9 Å². The van der Waals surface area contributed by atoms with Crippen LogP contribution in [0.25, 0.3) is 0 Å². The number of nitrogens with zero attached hydrogens (tertiary/aromatic N) is 2. The predicted octanol–water partition coefficient (Wildman–Crippen LogP) is 3.44. The van der Waals surface area contributed by atoms with E-state index in [0.29, 0.717) is 6.54 Å². The van der Waals surface area contributed by atoms with Gasteiger partial charge in [-0.3, -0.25) is 9.80 Å².